The van der Waals surface area contributed by atoms with E-state index in [2.05, 4.69) is 26.6 Å². The lowest BCUT2D eigenvalue weighted by atomic mass is 10.1. The predicted octanol–water partition coefficient (Wildman–Crippen LogP) is 2.87. The van der Waals surface area contributed by atoms with E-state index in [-0.39, 0.29) is 11.4 Å². The van der Waals surface area contributed by atoms with Gasteiger partial charge in [-0.2, -0.15) is 0 Å². The fraction of sp³-hybridized carbons (Fsp3) is 0.200. The van der Waals surface area contributed by atoms with Crippen molar-refractivity contribution in [1.29, 1.82) is 0 Å². The molecule has 1 aliphatic rings. The molecule has 0 spiro atoms. The lowest BCUT2D eigenvalue weighted by Gasteiger charge is -2.15. The van der Waals surface area contributed by atoms with Crippen molar-refractivity contribution in [3.05, 3.63) is 75.9 Å². The van der Waals surface area contributed by atoms with Gasteiger partial charge in [0.05, 0.1) is 5.75 Å². The molecule has 8 heteroatoms. The number of hydrogen-bond donors (Lipinski definition) is 2. The van der Waals surface area contributed by atoms with E-state index in [1.165, 1.54) is 6.08 Å². The summed E-state index contributed by atoms with van der Waals surface area (Å²) < 4.78 is 24.9. The van der Waals surface area contributed by atoms with E-state index in [1.807, 2.05) is 12.1 Å². The lowest BCUT2D eigenvalue weighted by molar-refractivity contribution is -0.117. The van der Waals surface area contributed by atoms with E-state index in [0.29, 0.717) is 24.0 Å². The van der Waals surface area contributed by atoms with Gasteiger partial charge < -0.3 is 10.6 Å². The topological polar surface area (TPSA) is 92.3 Å². The number of halogens is 1. The van der Waals surface area contributed by atoms with Crippen LogP contribution < -0.4 is 10.6 Å². The van der Waals surface area contributed by atoms with Crippen LogP contribution in [0.15, 0.2) is 64.8 Å². The second-order valence-electron chi connectivity index (χ2n) is 6.40. The van der Waals surface area contributed by atoms with Crippen LogP contribution in [0.5, 0.6) is 0 Å². The van der Waals surface area contributed by atoms with Crippen molar-refractivity contribution in [2.24, 2.45) is 0 Å². The average Bonchev–Trinajstić information content (AvgIpc) is 3.01. The Kier molecular flexibility index (Phi) is 6.31. The maximum absolute atomic E-state index is 12.8. The average molecular weight is 463 g/mol. The Balaban J connectivity index is 1.86. The summed E-state index contributed by atoms with van der Waals surface area (Å²) in [6.07, 6.45) is 2.39. The van der Waals surface area contributed by atoms with Crippen LogP contribution in [0, 0.1) is 0 Å². The summed E-state index contributed by atoms with van der Waals surface area (Å²) in [5, 5.41) is 4.21. The van der Waals surface area contributed by atoms with E-state index in [4.69, 9.17) is 0 Å². The zero-order chi connectivity index (χ0) is 20.1. The molecule has 1 saturated heterocycles. The number of hydrogen-bond acceptors (Lipinski definition) is 4. The van der Waals surface area contributed by atoms with Gasteiger partial charge >= 0.3 is 0 Å². The van der Waals surface area contributed by atoms with E-state index in [9.17, 15) is 18.0 Å². The molecule has 0 radical (unpaired) electrons. The number of nitrogens with one attached hydrogen (secondary N) is 2. The zero-order valence-corrected chi connectivity index (χ0v) is 17.3. The molecule has 1 atom stereocenters. The molecule has 0 saturated carbocycles. The normalized spacial score (nSPS) is 18.5. The van der Waals surface area contributed by atoms with E-state index < -0.39 is 27.0 Å². The third-order valence-electron chi connectivity index (χ3n) is 4.33. The molecule has 1 fully saturated rings. The first-order chi connectivity index (χ1) is 13.3. The molecular formula is C20H19BrN2O4S. The second-order valence-corrected chi connectivity index (χ2v) is 9.62. The molecule has 146 valence electrons. The van der Waals surface area contributed by atoms with Crippen LogP contribution in [0.1, 0.15) is 28.8 Å². The Labute approximate surface area is 172 Å². The van der Waals surface area contributed by atoms with Gasteiger partial charge in [-0.1, -0.05) is 46.3 Å². The summed E-state index contributed by atoms with van der Waals surface area (Å²) in [6.45, 7) is 0. The van der Waals surface area contributed by atoms with Crippen molar-refractivity contribution in [1.82, 2.24) is 10.6 Å². The third-order valence-corrected chi connectivity index (χ3v) is 6.94. The van der Waals surface area contributed by atoms with Crippen LogP contribution >= 0.6 is 15.9 Å². The Bertz CT molecular complexity index is 1000. The number of rotatable bonds is 5. The van der Waals surface area contributed by atoms with Crippen LogP contribution in [0.2, 0.25) is 0 Å². The van der Waals surface area contributed by atoms with Crippen molar-refractivity contribution in [2.75, 3.05) is 5.75 Å². The molecule has 0 bridgehead atoms. The quantitative estimate of drug-likeness (QED) is 0.668. The SMILES string of the molecule is O=C(NC1CCCS1(=O)=O)/C(=C\c1ccc(Br)cc1)NC(=O)c1ccccc1. The van der Waals surface area contributed by atoms with Crippen LogP contribution in [0.4, 0.5) is 0 Å². The van der Waals surface area contributed by atoms with Gasteiger partial charge in [-0.15, -0.1) is 0 Å². The smallest absolute Gasteiger partial charge is 0.268 e. The highest BCUT2D eigenvalue weighted by Crippen LogP contribution is 2.18. The largest absolute Gasteiger partial charge is 0.334 e. The molecule has 1 unspecified atom stereocenters. The summed E-state index contributed by atoms with van der Waals surface area (Å²) in [5.74, 6) is -1.03. The highest BCUT2D eigenvalue weighted by Gasteiger charge is 2.33. The van der Waals surface area contributed by atoms with E-state index in [1.54, 1.807) is 42.5 Å². The molecule has 3 rings (SSSR count). The molecule has 0 aliphatic carbocycles. The van der Waals surface area contributed by atoms with Gasteiger partial charge in [-0.25, -0.2) is 8.42 Å². The maximum atomic E-state index is 12.8. The molecule has 1 aliphatic heterocycles. The van der Waals surface area contributed by atoms with Gasteiger partial charge in [0, 0.05) is 10.0 Å². The van der Waals surface area contributed by atoms with Gasteiger partial charge in [-0.05, 0) is 48.7 Å². The number of amides is 2. The Morgan fingerprint density at radius 3 is 2.32 bits per heavy atom. The highest BCUT2D eigenvalue weighted by atomic mass is 79.9. The number of benzene rings is 2. The maximum Gasteiger partial charge on any atom is 0.268 e. The molecule has 28 heavy (non-hydrogen) atoms. The molecule has 1 heterocycles. The monoisotopic (exact) mass is 462 g/mol. The standard InChI is InChI=1S/C20H19BrN2O4S/c21-16-10-8-14(9-11-16)13-17(22-19(24)15-5-2-1-3-6-15)20(25)23-18-7-4-12-28(18,26)27/h1-3,5-6,8-11,13,18H,4,7,12H2,(H,22,24)(H,23,25)/b17-13+. The van der Waals surface area contributed by atoms with Crippen molar-refractivity contribution in [2.45, 2.75) is 18.2 Å². The minimum absolute atomic E-state index is 0.0155. The molecule has 0 aromatic heterocycles. The minimum atomic E-state index is -3.35. The van der Waals surface area contributed by atoms with Crippen LogP contribution in [0.3, 0.4) is 0 Å². The second kappa shape index (κ2) is 8.70. The van der Waals surface area contributed by atoms with Crippen molar-refractivity contribution >= 4 is 43.7 Å². The third kappa shape index (κ3) is 5.08. The Morgan fingerprint density at radius 2 is 1.71 bits per heavy atom. The van der Waals surface area contributed by atoms with Gasteiger partial charge in [0.1, 0.15) is 11.1 Å². The number of carbonyl (C=O) groups is 2. The molecular weight excluding hydrogens is 444 g/mol. The summed E-state index contributed by atoms with van der Waals surface area (Å²) >= 11 is 3.35. The number of sulfone groups is 1. The summed E-state index contributed by atoms with van der Waals surface area (Å²) in [6, 6.07) is 15.7. The first kappa shape index (κ1) is 20.3. The van der Waals surface area contributed by atoms with Crippen LogP contribution in [-0.4, -0.2) is 31.4 Å². The molecule has 2 aromatic rings. The van der Waals surface area contributed by atoms with Gasteiger partial charge in [-0.3, -0.25) is 9.59 Å². The zero-order valence-electron chi connectivity index (χ0n) is 14.9. The summed E-state index contributed by atoms with van der Waals surface area (Å²) in [7, 11) is -3.35. The highest BCUT2D eigenvalue weighted by molar-refractivity contribution is 9.10. The van der Waals surface area contributed by atoms with Crippen LogP contribution in [-0.2, 0) is 14.6 Å². The fourth-order valence-corrected chi connectivity index (χ4v) is 4.78. The molecule has 2 aromatic carbocycles. The van der Waals surface area contributed by atoms with E-state index >= 15 is 0 Å². The minimum Gasteiger partial charge on any atom is -0.334 e. The molecule has 6 nitrogen and oxygen atoms in total. The first-order valence-corrected chi connectivity index (χ1v) is 11.2. The molecule has 2 amide bonds. The summed E-state index contributed by atoms with van der Waals surface area (Å²) in [4.78, 5) is 25.3. The van der Waals surface area contributed by atoms with Crippen molar-refractivity contribution in [3.63, 3.8) is 0 Å². The Morgan fingerprint density at radius 1 is 1.04 bits per heavy atom. The first-order valence-electron chi connectivity index (χ1n) is 8.71. The molecule has 2 N–H and O–H groups in total. The van der Waals surface area contributed by atoms with E-state index in [0.717, 1.165) is 4.47 Å². The van der Waals surface area contributed by atoms with Crippen molar-refractivity contribution in [3.8, 4) is 0 Å². The van der Waals surface area contributed by atoms with Gasteiger partial charge in [0.2, 0.25) is 0 Å². The lowest BCUT2D eigenvalue weighted by Crippen LogP contribution is -2.42. The fourth-order valence-electron chi connectivity index (χ4n) is 2.85. The van der Waals surface area contributed by atoms with Gasteiger partial charge in [0.15, 0.2) is 9.84 Å². The van der Waals surface area contributed by atoms with Crippen LogP contribution in [0.25, 0.3) is 6.08 Å². The van der Waals surface area contributed by atoms with Crippen molar-refractivity contribution < 1.29 is 18.0 Å². The predicted molar refractivity (Wildman–Crippen MR) is 111 cm³/mol. The Hall–Kier alpha value is -2.45. The van der Waals surface area contributed by atoms with Gasteiger partial charge in [0.25, 0.3) is 11.8 Å². The number of carbonyl (C=O) groups excluding carboxylic acids is 2. The summed E-state index contributed by atoms with van der Waals surface area (Å²) in [5.41, 5.74) is 1.07.